The molecule has 1 aliphatic rings. The number of benzene rings is 1. The predicted octanol–water partition coefficient (Wildman–Crippen LogP) is 1.66. The maximum atomic E-state index is 7.85. The van der Waals surface area contributed by atoms with Gasteiger partial charge < -0.3 is 15.5 Å². The standard InChI is InChI=1S/C16H21N5/c1-20(2)11-7-8-21(10-11)15-12-5-3-4-6-14(12)19-9-13(15)16(17)18/h3-6,9,11H,7-8,10H2,1-2H3,(H3,17,18). The van der Waals surface area contributed by atoms with Gasteiger partial charge in [-0.25, -0.2) is 0 Å². The number of rotatable bonds is 3. The van der Waals surface area contributed by atoms with Crippen LogP contribution in [0.15, 0.2) is 30.5 Å². The number of nitrogens with zero attached hydrogens (tertiary/aromatic N) is 3. The summed E-state index contributed by atoms with van der Waals surface area (Å²) < 4.78 is 0. The number of nitrogen functional groups attached to an aromatic ring is 1. The van der Waals surface area contributed by atoms with E-state index in [0.717, 1.165) is 41.7 Å². The maximum Gasteiger partial charge on any atom is 0.126 e. The van der Waals surface area contributed by atoms with Gasteiger partial charge in [0.2, 0.25) is 0 Å². The van der Waals surface area contributed by atoms with Gasteiger partial charge in [0, 0.05) is 30.7 Å². The number of para-hydroxylation sites is 1. The number of nitrogens with two attached hydrogens (primary N) is 1. The highest BCUT2D eigenvalue weighted by atomic mass is 15.2. The van der Waals surface area contributed by atoms with Crippen LogP contribution in [0.1, 0.15) is 12.0 Å². The molecule has 0 bridgehead atoms. The molecule has 5 nitrogen and oxygen atoms in total. The fourth-order valence-corrected chi connectivity index (χ4v) is 3.03. The van der Waals surface area contributed by atoms with Crippen LogP contribution in [0.5, 0.6) is 0 Å². The summed E-state index contributed by atoms with van der Waals surface area (Å²) in [5.74, 6) is 0.0801. The summed E-state index contributed by atoms with van der Waals surface area (Å²) in [6, 6.07) is 8.60. The molecule has 0 amide bonds. The third-order valence-electron chi connectivity index (χ3n) is 4.25. The summed E-state index contributed by atoms with van der Waals surface area (Å²) in [4.78, 5) is 9.03. The Balaban J connectivity index is 2.11. The van der Waals surface area contributed by atoms with Crippen LogP contribution in [0.25, 0.3) is 10.9 Å². The first-order valence-corrected chi connectivity index (χ1v) is 7.21. The number of pyridine rings is 1. The molecule has 0 saturated carbocycles. The van der Waals surface area contributed by atoms with Crippen molar-refractivity contribution < 1.29 is 0 Å². The Morgan fingerprint density at radius 2 is 2.14 bits per heavy atom. The van der Waals surface area contributed by atoms with Crippen molar-refractivity contribution in [2.24, 2.45) is 5.73 Å². The molecule has 1 saturated heterocycles. The van der Waals surface area contributed by atoms with Crippen molar-refractivity contribution in [2.75, 3.05) is 32.1 Å². The van der Waals surface area contributed by atoms with E-state index in [0.29, 0.717) is 6.04 Å². The molecular weight excluding hydrogens is 262 g/mol. The maximum absolute atomic E-state index is 7.85. The van der Waals surface area contributed by atoms with Crippen LogP contribution in [-0.4, -0.2) is 48.9 Å². The molecule has 1 unspecified atom stereocenters. The van der Waals surface area contributed by atoms with E-state index in [1.165, 1.54) is 0 Å². The zero-order chi connectivity index (χ0) is 15.0. The minimum atomic E-state index is 0.0801. The van der Waals surface area contributed by atoms with Gasteiger partial charge in [-0.1, -0.05) is 18.2 Å². The number of aromatic nitrogens is 1. The summed E-state index contributed by atoms with van der Waals surface area (Å²) in [6.45, 7) is 1.94. The number of hydrogen-bond donors (Lipinski definition) is 2. The quantitative estimate of drug-likeness (QED) is 0.664. The van der Waals surface area contributed by atoms with Crippen LogP contribution < -0.4 is 10.6 Å². The Bertz CT molecular complexity index is 679. The van der Waals surface area contributed by atoms with E-state index in [9.17, 15) is 0 Å². The van der Waals surface area contributed by atoms with Gasteiger partial charge in [0.05, 0.1) is 16.8 Å². The lowest BCUT2D eigenvalue weighted by molar-refractivity contribution is 0.315. The fourth-order valence-electron chi connectivity index (χ4n) is 3.03. The Hall–Kier alpha value is -2.14. The zero-order valence-corrected chi connectivity index (χ0v) is 12.5. The molecule has 21 heavy (non-hydrogen) atoms. The Morgan fingerprint density at radius 3 is 2.81 bits per heavy atom. The van der Waals surface area contributed by atoms with Gasteiger partial charge in [-0.15, -0.1) is 0 Å². The van der Waals surface area contributed by atoms with E-state index in [-0.39, 0.29) is 5.84 Å². The second-order valence-electron chi connectivity index (χ2n) is 5.80. The van der Waals surface area contributed by atoms with Gasteiger partial charge in [0.25, 0.3) is 0 Å². The molecule has 2 aromatic rings. The number of hydrogen-bond acceptors (Lipinski definition) is 4. The van der Waals surface area contributed by atoms with Gasteiger partial charge in [-0.3, -0.25) is 10.4 Å². The average Bonchev–Trinajstić information content (AvgIpc) is 2.95. The van der Waals surface area contributed by atoms with Gasteiger partial charge in [-0.05, 0) is 26.6 Å². The third kappa shape index (κ3) is 2.45. The van der Waals surface area contributed by atoms with Crippen LogP contribution in [0.2, 0.25) is 0 Å². The van der Waals surface area contributed by atoms with E-state index < -0.39 is 0 Å². The third-order valence-corrected chi connectivity index (χ3v) is 4.25. The Morgan fingerprint density at radius 1 is 1.38 bits per heavy atom. The van der Waals surface area contributed by atoms with Crippen LogP contribution in [0.4, 0.5) is 5.69 Å². The van der Waals surface area contributed by atoms with Crippen LogP contribution in [0.3, 0.4) is 0 Å². The zero-order valence-electron chi connectivity index (χ0n) is 12.5. The first kappa shape index (κ1) is 13.8. The highest BCUT2D eigenvalue weighted by Crippen LogP contribution is 2.32. The highest BCUT2D eigenvalue weighted by molar-refractivity contribution is 6.07. The normalized spacial score (nSPS) is 18.6. The van der Waals surface area contributed by atoms with Crippen molar-refractivity contribution in [3.05, 3.63) is 36.0 Å². The molecule has 0 spiro atoms. The minimum absolute atomic E-state index is 0.0801. The van der Waals surface area contributed by atoms with E-state index in [1.54, 1.807) is 6.20 Å². The largest absolute Gasteiger partial charge is 0.384 e. The number of fused-ring (bicyclic) bond motifs is 1. The fraction of sp³-hybridized carbons (Fsp3) is 0.375. The molecule has 110 valence electrons. The van der Waals surface area contributed by atoms with Crippen molar-refractivity contribution in [3.8, 4) is 0 Å². The molecule has 1 aliphatic heterocycles. The molecule has 3 rings (SSSR count). The molecule has 0 aliphatic carbocycles. The number of nitrogens with one attached hydrogen (secondary N) is 1. The molecule has 5 heteroatoms. The van der Waals surface area contributed by atoms with E-state index in [4.69, 9.17) is 11.1 Å². The van der Waals surface area contributed by atoms with E-state index in [2.05, 4.69) is 34.9 Å². The highest BCUT2D eigenvalue weighted by Gasteiger charge is 2.27. The SMILES string of the molecule is CN(C)C1CCN(c2c(C(=N)N)cnc3ccccc23)C1. The Labute approximate surface area is 124 Å². The van der Waals surface area contributed by atoms with Gasteiger partial charge in [-0.2, -0.15) is 0 Å². The summed E-state index contributed by atoms with van der Waals surface area (Å²) in [5, 5.41) is 8.92. The number of anilines is 1. The number of amidine groups is 1. The van der Waals surface area contributed by atoms with Crippen LogP contribution in [-0.2, 0) is 0 Å². The smallest absolute Gasteiger partial charge is 0.126 e. The molecule has 1 atom stereocenters. The summed E-state index contributed by atoms with van der Waals surface area (Å²) in [6.07, 6.45) is 2.85. The lowest BCUT2D eigenvalue weighted by Crippen LogP contribution is -2.32. The van der Waals surface area contributed by atoms with E-state index >= 15 is 0 Å². The average molecular weight is 283 g/mol. The molecule has 2 heterocycles. The molecule has 1 fully saturated rings. The van der Waals surface area contributed by atoms with E-state index in [1.807, 2.05) is 18.2 Å². The van der Waals surface area contributed by atoms with Crippen molar-refractivity contribution in [3.63, 3.8) is 0 Å². The number of likely N-dealkylation sites (N-methyl/N-ethyl adjacent to an activating group) is 1. The Kier molecular flexibility index (Phi) is 3.51. The van der Waals surface area contributed by atoms with Gasteiger partial charge in [0.1, 0.15) is 5.84 Å². The molecule has 1 aromatic heterocycles. The van der Waals surface area contributed by atoms with Gasteiger partial charge in [0.15, 0.2) is 0 Å². The van der Waals surface area contributed by atoms with Crippen LogP contribution in [0, 0.1) is 5.41 Å². The second kappa shape index (κ2) is 5.33. The van der Waals surface area contributed by atoms with Crippen molar-refractivity contribution in [1.29, 1.82) is 5.41 Å². The van der Waals surface area contributed by atoms with Crippen molar-refractivity contribution in [2.45, 2.75) is 12.5 Å². The predicted molar refractivity (Wildman–Crippen MR) is 87.1 cm³/mol. The second-order valence-corrected chi connectivity index (χ2v) is 5.80. The van der Waals surface area contributed by atoms with Crippen molar-refractivity contribution >= 4 is 22.4 Å². The first-order valence-electron chi connectivity index (χ1n) is 7.21. The summed E-state index contributed by atoms with van der Waals surface area (Å²) in [5.41, 5.74) is 8.51. The monoisotopic (exact) mass is 283 g/mol. The first-order chi connectivity index (χ1) is 10.1. The van der Waals surface area contributed by atoms with Crippen LogP contribution >= 0.6 is 0 Å². The lowest BCUT2D eigenvalue weighted by Gasteiger charge is -2.25. The van der Waals surface area contributed by atoms with Gasteiger partial charge >= 0.3 is 0 Å². The lowest BCUT2D eigenvalue weighted by atomic mass is 10.1. The van der Waals surface area contributed by atoms with Crippen molar-refractivity contribution in [1.82, 2.24) is 9.88 Å². The topological polar surface area (TPSA) is 69.2 Å². The molecular formula is C16H21N5. The molecule has 1 aromatic carbocycles. The molecule has 3 N–H and O–H groups in total. The molecule has 0 radical (unpaired) electrons. The minimum Gasteiger partial charge on any atom is -0.384 e. The summed E-state index contributed by atoms with van der Waals surface area (Å²) in [7, 11) is 4.23. The summed E-state index contributed by atoms with van der Waals surface area (Å²) >= 11 is 0.